The third-order valence-corrected chi connectivity index (χ3v) is 4.33. The first kappa shape index (κ1) is 15.0. The van der Waals surface area contributed by atoms with E-state index in [-0.39, 0.29) is 12.1 Å². The number of ether oxygens (including phenoxy) is 1. The van der Waals surface area contributed by atoms with E-state index in [0.717, 1.165) is 6.42 Å². The fourth-order valence-corrected chi connectivity index (χ4v) is 3.15. The average Bonchev–Trinajstić information content (AvgIpc) is 2.39. The number of pyridine rings is 1. The van der Waals surface area contributed by atoms with E-state index >= 15 is 0 Å². The van der Waals surface area contributed by atoms with Crippen LogP contribution in [0.4, 0.5) is 0 Å². The summed E-state index contributed by atoms with van der Waals surface area (Å²) >= 11 is 0. The lowest BCUT2D eigenvalue weighted by molar-refractivity contribution is -0.686. The molecule has 2 rings (SSSR count). The first-order chi connectivity index (χ1) is 9.56. The van der Waals surface area contributed by atoms with Crippen molar-refractivity contribution >= 4 is 5.97 Å². The lowest BCUT2D eigenvalue weighted by Crippen LogP contribution is -2.42. The van der Waals surface area contributed by atoms with Gasteiger partial charge in [0.05, 0.1) is 0 Å². The van der Waals surface area contributed by atoms with Crippen molar-refractivity contribution in [2.24, 2.45) is 17.8 Å². The third kappa shape index (κ3) is 4.06. The Balaban J connectivity index is 1.94. The van der Waals surface area contributed by atoms with Crippen molar-refractivity contribution in [3.63, 3.8) is 0 Å². The summed E-state index contributed by atoms with van der Waals surface area (Å²) in [7, 11) is 0. The Morgan fingerprint density at radius 3 is 2.60 bits per heavy atom. The maximum Gasteiger partial charge on any atom is 0.372 e. The molecule has 0 aromatic carbocycles. The normalized spacial score (nSPS) is 26.5. The molecule has 0 spiro atoms. The zero-order valence-corrected chi connectivity index (χ0v) is 12.8. The molecule has 0 N–H and O–H groups in total. The Morgan fingerprint density at radius 1 is 1.25 bits per heavy atom. The van der Waals surface area contributed by atoms with Gasteiger partial charge in [0.1, 0.15) is 6.10 Å². The van der Waals surface area contributed by atoms with Crippen LogP contribution in [-0.2, 0) is 16.1 Å². The van der Waals surface area contributed by atoms with Crippen LogP contribution in [0, 0.1) is 17.8 Å². The number of hydrogen-bond donors (Lipinski definition) is 0. The van der Waals surface area contributed by atoms with Crippen LogP contribution in [0.25, 0.3) is 0 Å². The summed E-state index contributed by atoms with van der Waals surface area (Å²) in [6.07, 6.45) is 7.32. The molecule has 0 aliphatic heterocycles. The zero-order chi connectivity index (χ0) is 14.5. The van der Waals surface area contributed by atoms with Crippen molar-refractivity contribution in [1.29, 1.82) is 0 Å². The number of rotatable bonds is 4. The van der Waals surface area contributed by atoms with E-state index in [0.29, 0.717) is 24.3 Å². The number of hydrogen-bond acceptors (Lipinski definition) is 2. The highest BCUT2D eigenvalue weighted by atomic mass is 16.5. The number of esters is 1. The number of carbonyl (C=O) groups excluding carboxylic acids is 1. The van der Waals surface area contributed by atoms with Gasteiger partial charge >= 0.3 is 5.97 Å². The second-order valence-electron chi connectivity index (χ2n) is 6.40. The van der Waals surface area contributed by atoms with Gasteiger partial charge in [-0.3, -0.25) is 0 Å². The summed E-state index contributed by atoms with van der Waals surface area (Å²) in [6.45, 7) is 7.01. The summed E-state index contributed by atoms with van der Waals surface area (Å²) in [6, 6.07) is 5.79. The fourth-order valence-electron chi connectivity index (χ4n) is 3.15. The van der Waals surface area contributed by atoms with Crippen molar-refractivity contribution in [1.82, 2.24) is 0 Å². The van der Waals surface area contributed by atoms with E-state index in [9.17, 15) is 4.79 Å². The van der Waals surface area contributed by atoms with E-state index in [1.165, 1.54) is 12.8 Å². The van der Waals surface area contributed by atoms with Crippen LogP contribution in [0.5, 0.6) is 0 Å². The maximum absolute atomic E-state index is 12.1. The van der Waals surface area contributed by atoms with Crippen LogP contribution in [0.2, 0.25) is 0 Å². The standard InChI is InChI=1S/C17H26NO2/c1-13(2)15-8-7-14(3)11-16(15)20-17(19)12-18-9-5-4-6-10-18/h4-6,9-10,13-16H,7-8,11-12H2,1-3H3/q+1/t14-,15+,16+/m1/s1. The molecular weight excluding hydrogens is 250 g/mol. The minimum atomic E-state index is -0.119. The first-order valence-corrected chi connectivity index (χ1v) is 7.70. The van der Waals surface area contributed by atoms with Crippen LogP contribution < -0.4 is 4.57 Å². The topological polar surface area (TPSA) is 30.2 Å². The Morgan fingerprint density at radius 2 is 1.95 bits per heavy atom. The number of carbonyl (C=O) groups is 1. The highest BCUT2D eigenvalue weighted by Crippen LogP contribution is 2.35. The summed E-state index contributed by atoms with van der Waals surface area (Å²) in [5, 5.41) is 0. The van der Waals surface area contributed by atoms with Gasteiger partial charge in [-0.1, -0.05) is 33.3 Å². The van der Waals surface area contributed by atoms with Crippen molar-refractivity contribution in [2.45, 2.75) is 52.7 Å². The smallest absolute Gasteiger partial charge is 0.372 e. The summed E-state index contributed by atoms with van der Waals surface area (Å²) < 4.78 is 7.64. The van der Waals surface area contributed by atoms with Gasteiger partial charge in [-0.15, -0.1) is 0 Å². The van der Waals surface area contributed by atoms with Crippen molar-refractivity contribution in [3.05, 3.63) is 30.6 Å². The second kappa shape index (κ2) is 6.87. The van der Waals surface area contributed by atoms with Gasteiger partial charge in [0.2, 0.25) is 6.54 Å². The van der Waals surface area contributed by atoms with Gasteiger partial charge in [0.25, 0.3) is 0 Å². The Kier molecular flexibility index (Phi) is 5.16. The molecule has 0 saturated heterocycles. The quantitative estimate of drug-likeness (QED) is 0.625. The van der Waals surface area contributed by atoms with Gasteiger partial charge in [0.15, 0.2) is 12.4 Å². The summed E-state index contributed by atoms with van der Waals surface area (Å²) in [4.78, 5) is 12.1. The molecule has 1 aliphatic rings. The lowest BCUT2D eigenvalue weighted by Gasteiger charge is -2.36. The molecule has 1 aliphatic carbocycles. The van der Waals surface area contributed by atoms with Crippen LogP contribution in [-0.4, -0.2) is 12.1 Å². The Hall–Kier alpha value is -1.38. The summed E-state index contributed by atoms with van der Waals surface area (Å²) in [5.74, 6) is 1.62. The molecule has 0 bridgehead atoms. The van der Waals surface area contributed by atoms with Crippen LogP contribution >= 0.6 is 0 Å². The molecule has 1 fully saturated rings. The third-order valence-electron chi connectivity index (χ3n) is 4.33. The van der Waals surface area contributed by atoms with Gasteiger partial charge in [0, 0.05) is 12.1 Å². The second-order valence-corrected chi connectivity index (χ2v) is 6.40. The first-order valence-electron chi connectivity index (χ1n) is 7.70. The Bertz CT molecular complexity index is 430. The van der Waals surface area contributed by atoms with Crippen LogP contribution in [0.15, 0.2) is 30.6 Å². The molecule has 3 atom stereocenters. The van der Waals surface area contributed by atoms with Gasteiger partial charge in [-0.25, -0.2) is 4.79 Å². The van der Waals surface area contributed by atoms with Gasteiger partial charge in [-0.2, -0.15) is 4.57 Å². The Labute approximate surface area is 122 Å². The van der Waals surface area contributed by atoms with Crippen LogP contribution in [0.3, 0.4) is 0 Å². The van der Waals surface area contributed by atoms with E-state index in [2.05, 4.69) is 20.8 Å². The average molecular weight is 276 g/mol. The fraction of sp³-hybridized carbons (Fsp3) is 0.647. The molecule has 3 nitrogen and oxygen atoms in total. The highest BCUT2D eigenvalue weighted by Gasteiger charge is 2.33. The maximum atomic E-state index is 12.1. The summed E-state index contributed by atoms with van der Waals surface area (Å²) in [5.41, 5.74) is 0. The van der Waals surface area contributed by atoms with E-state index in [1.54, 1.807) is 0 Å². The molecular formula is C17H26NO2+. The van der Waals surface area contributed by atoms with E-state index in [1.807, 2.05) is 35.2 Å². The van der Waals surface area contributed by atoms with Gasteiger partial charge in [-0.05, 0) is 30.6 Å². The SMILES string of the molecule is CC(C)[C@@H]1CC[C@@H](C)C[C@@H]1OC(=O)C[n+]1ccccc1. The minimum absolute atomic E-state index is 0.0931. The molecule has 0 radical (unpaired) electrons. The van der Waals surface area contributed by atoms with E-state index < -0.39 is 0 Å². The highest BCUT2D eigenvalue weighted by molar-refractivity contribution is 5.67. The number of aromatic nitrogens is 1. The predicted molar refractivity (Wildman–Crippen MR) is 77.9 cm³/mol. The zero-order valence-electron chi connectivity index (χ0n) is 12.8. The minimum Gasteiger partial charge on any atom is -0.457 e. The molecule has 1 saturated carbocycles. The predicted octanol–water partition coefficient (Wildman–Crippen LogP) is 2.98. The molecule has 20 heavy (non-hydrogen) atoms. The van der Waals surface area contributed by atoms with Crippen LogP contribution in [0.1, 0.15) is 40.0 Å². The molecule has 110 valence electrons. The monoisotopic (exact) mass is 276 g/mol. The van der Waals surface area contributed by atoms with Crippen molar-refractivity contribution < 1.29 is 14.1 Å². The molecule has 3 heteroatoms. The number of nitrogens with zero attached hydrogens (tertiary/aromatic N) is 1. The molecule has 1 heterocycles. The van der Waals surface area contributed by atoms with Gasteiger partial charge < -0.3 is 4.74 Å². The molecule has 1 aromatic rings. The largest absolute Gasteiger partial charge is 0.457 e. The molecule has 0 amide bonds. The van der Waals surface area contributed by atoms with E-state index in [4.69, 9.17) is 4.74 Å². The van der Waals surface area contributed by atoms with Crippen molar-refractivity contribution in [3.8, 4) is 0 Å². The lowest BCUT2D eigenvalue weighted by atomic mass is 9.75. The van der Waals surface area contributed by atoms with Crippen molar-refractivity contribution in [2.75, 3.05) is 0 Å². The molecule has 0 unspecified atom stereocenters. The molecule has 1 aromatic heterocycles.